The number of carbonyl (C=O) groups excluding carboxylic acids is 2. The van der Waals surface area contributed by atoms with Crippen molar-refractivity contribution < 1.29 is 9.59 Å². The summed E-state index contributed by atoms with van der Waals surface area (Å²) < 4.78 is 0. The van der Waals surface area contributed by atoms with E-state index >= 15 is 0 Å². The SMILES string of the molecule is CNC(=O)Cc1ccccc1NC(=O)C1CCN(C2CCCCC2)C1. The molecule has 1 unspecified atom stereocenters. The average molecular weight is 343 g/mol. The van der Waals surface area contributed by atoms with Gasteiger partial charge in [-0.05, 0) is 37.4 Å². The highest BCUT2D eigenvalue weighted by atomic mass is 16.2. The lowest BCUT2D eigenvalue weighted by Crippen LogP contribution is -2.36. The van der Waals surface area contributed by atoms with E-state index in [1.54, 1.807) is 7.05 Å². The van der Waals surface area contributed by atoms with E-state index in [9.17, 15) is 9.59 Å². The highest BCUT2D eigenvalue weighted by molar-refractivity contribution is 5.94. The van der Waals surface area contributed by atoms with Crippen LogP contribution in [0, 0.1) is 5.92 Å². The summed E-state index contributed by atoms with van der Waals surface area (Å²) in [5, 5.41) is 5.69. The van der Waals surface area contributed by atoms with Crippen molar-refractivity contribution in [3.63, 3.8) is 0 Å². The second kappa shape index (κ2) is 8.48. The van der Waals surface area contributed by atoms with Gasteiger partial charge in [-0.3, -0.25) is 14.5 Å². The van der Waals surface area contributed by atoms with Crippen molar-refractivity contribution in [2.24, 2.45) is 5.92 Å². The molecule has 1 saturated carbocycles. The maximum absolute atomic E-state index is 12.7. The second-order valence-electron chi connectivity index (χ2n) is 7.27. The molecule has 5 nitrogen and oxygen atoms in total. The Morgan fingerprint density at radius 3 is 2.64 bits per heavy atom. The van der Waals surface area contributed by atoms with Gasteiger partial charge >= 0.3 is 0 Å². The lowest BCUT2D eigenvalue weighted by atomic mass is 9.94. The molecule has 136 valence electrons. The van der Waals surface area contributed by atoms with E-state index in [1.165, 1.54) is 32.1 Å². The summed E-state index contributed by atoms with van der Waals surface area (Å²) in [5.41, 5.74) is 1.62. The molecule has 1 saturated heterocycles. The molecule has 1 heterocycles. The number of nitrogens with one attached hydrogen (secondary N) is 2. The third kappa shape index (κ3) is 4.60. The molecule has 25 heavy (non-hydrogen) atoms. The Balaban J connectivity index is 1.58. The number of amides is 2. The first-order valence-corrected chi connectivity index (χ1v) is 9.51. The first-order valence-electron chi connectivity index (χ1n) is 9.51. The second-order valence-corrected chi connectivity index (χ2v) is 7.27. The maximum atomic E-state index is 12.7. The van der Waals surface area contributed by atoms with Gasteiger partial charge < -0.3 is 10.6 Å². The number of hydrogen-bond donors (Lipinski definition) is 2. The largest absolute Gasteiger partial charge is 0.359 e. The normalized spacial score (nSPS) is 21.9. The Hall–Kier alpha value is -1.88. The van der Waals surface area contributed by atoms with Gasteiger partial charge in [0.1, 0.15) is 0 Å². The molecule has 0 aromatic heterocycles. The number of nitrogens with zero attached hydrogens (tertiary/aromatic N) is 1. The summed E-state index contributed by atoms with van der Waals surface area (Å²) in [4.78, 5) is 26.9. The molecule has 5 heteroatoms. The predicted octanol–water partition coefficient (Wildman–Crippen LogP) is 2.57. The van der Waals surface area contributed by atoms with Crippen molar-refractivity contribution in [2.75, 3.05) is 25.5 Å². The van der Waals surface area contributed by atoms with Gasteiger partial charge in [-0.25, -0.2) is 0 Å². The Bertz CT molecular complexity index is 611. The van der Waals surface area contributed by atoms with Crippen molar-refractivity contribution >= 4 is 17.5 Å². The van der Waals surface area contributed by atoms with Gasteiger partial charge in [0.05, 0.1) is 12.3 Å². The standard InChI is InChI=1S/C20H29N3O2/c1-21-19(24)13-15-7-5-6-10-18(15)22-20(25)16-11-12-23(14-16)17-8-3-2-4-9-17/h5-7,10,16-17H,2-4,8-9,11-14H2,1H3,(H,21,24)(H,22,25). The van der Waals surface area contributed by atoms with Crippen molar-refractivity contribution in [3.8, 4) is 0 Å². The summed E-state index contributed by atoms with van der Waals surface area (Å²) in [7, 11) is 1.63. The Morgan fingerprint density at radius 1 is 1.12 bits per heavy atom. The number of anilines is 1. The third-order valence-corrected chi connectivity index (χ3v) is 5.59. The van der Waals surface area contributed by atoms with Gasteiger partial charge in [0.15, 0.2) is 0 Å². The zero-order valence-electron chi connectivity index (χ0n) is 15.1. The monoisotopic (exact) mass is 343 g/mol. The number of likely N-dealkylation sites (N-methyl/N-ethyl adjacent to an activating group) is 1. The Kier molecular flexibility index (Phi) is 6.08. The Morgan fingerprint density at radius 2 is 1.88 bits per heavy atom. The topological polar surface area (TPSA) is 61.4 Å². The zero-order valence-corrected chi connectivity index (χ0v) is 15.1. The molecule has 0 spiro atoms. The van der Waals surface area contributed by atoms with Crippen LogP contribution in [0.15, 0.2) is 24.3 Å². The summed E-state index contributed by atoms with van der Waals surface area (Å²) in [6, 6.07) is 8.24. The number of benzene rings is 1. The summed E-state index contributed by atoms with van der Waals surface area (Å²) in [6.07, 6.45) is 7.78. The van der Waals surface area contributed by atoms with E-state index in [-0.39, 0.29) is 24.2 Å². The van der Waals surface area contributed by atoms with Crippen LogP contribution in [-0.2, 0) is 16.0 Å². The fraction of sp³-hybridized carbons (Fsp3) is 0.600. The predicted molar refractivity (Wildman–Crippen MR) is 99.4 cm³/mol. The number of carbonyl (C=O) groups is 2. The van der Waals surface area contributed by atoms with E-state index in [1.807, 2.05) is 24.3 Å². The molecule has 2 N–H and O–H groups in total. The number of para-hydroxylation sites is 1. The minimum Gasteiger partial charge on any atom is -0.359 e. The van der Waals surface area contributed by atoms with Gasteiger partial charge in [-0.1, -0.05) is 37.5 Å². The van der Waals surface area contributed by atoms with E-state index < -0.39 is 0 Å². The van der Waals surface area contributed by atoms with Crippen LogP contribution < -0.4 is 10.6 Å². The number of rotatable bonds is 5. The van der Waals surface area contributed by atoms with Crippen LogP contribution in [0.4, 0.5) is 5.69 Å². The molecule has 2 aliphatic rings. The van der Waals surface area contributed by atoms with Crippen molar-refractivity contribution in [1.82, 2.24) is 10.2 Å². The quantitative estimate of drug-likeness (QED) is 0.864. The van der Waals surface area contributed by atoms with Gasteiger partial charge in [0.2, 0.25) is 11.8 Å². The van der Waals surface area contributed by atoms with Crippen LogP contribution in [0.3, 0.4) is 0 Å². The summed E-state index contributed by atoms with van der Waals surface area (Å²) in [6.45, 7) is 1.90. The van der Waals surface area contributed by atoms with Crippen LogP contribution in [0.25, 0.3) is 0 Å². The molecule has 2 fully saturated rings. The highest BCUT2D eigenvalue weighted by Gasteiger charge is 2.32. The molecule has 1 aromatic carbocycles. The summed E-state index contributed by atoms with van der Waals surface area (Å²) >= 11 is 0. The molecule has 3 rings (SSSR count). The van der Waals surface area contributed by atoms with Crippen molar-refractivity contribution in [1.29, 1.82) is 0 Å². The van der Waals surface area contributed by atoms with Gasteiger partial charge in [0.25, 0.3) is 0 Å². The maximum Gasteiger partial charge on any atom is 0.228 e. The van der Waals surface area contributed by atoms with Crippen LogP contribution in [0.2, 0.25) is 0 Å². The molecule has 1 aromatic rings. The van der Waals surface area contributed by atoms with Crippen molar-refractivity contribution in [3.05, 3.63) is 29.8 Å². The number of hydrogen-bond acceptors (Lipinski definition) is 3. The lowest BCUT2D eigenvalue weighted by molar-refractivity contribution is -0.120. The van der Waals surface area contributed by atoms with Gasteiger partial charge in [-0.15, -0.1) is 0 Å². The molecular weight excluding hydrogens is 314 g/mol. The molecular formula is C20H29N3O2. The van der Waals surface area contributed by atoms with E-state index in [0.717, 1.165) is 30.8 Å². The van der Waals surface area contributed by atoms with E-state index in [2.05, 4.69) is 15.5 Å². The fourth-order valence-corrected chi connectivity index (χ4v) is 4.07. The summed E-state index contributed by atoms with van der Waals surface area (Å²) in [5.74, 6) is 0.0867. The molecule has 2 amide bonds. The Labute approximate surface area is 150 Å². The van der Waals surface area contributed by atoms with Crippen molar-refractivity contribution in [2.45, 2.75) is 51.0 Å². The zero-order chi connectivity index (χ0) is 17.6. The van der Waals surface area contributed by atoms with E-state index in [0.29, 0.717) is 6.04 Å². The average Bonchev–Trinajstić information content (AvgIpc) is 3.14. The van der Waals surface area contributed by atoms with Crippen LogP contribution >= 0.6 is 0 Å². The first-order chi connectivity index (χ1) is 12.2. The fourth-order valence-electron chi connectivity index (χ4n) is 4.07. The minimum absolute atomic E-state index is 0.0500. The molecule has 0 radical (unpaired) electrons. The van der Waals surface area contributed by atoms with Crippen LogP contribution in [0.1, 0.15) is 44.1 Å². The molecule has 1 aliphatic carbocycles. The molecule has 0 bridgehead atoms. The molecule has 1 aliphatic heterocycles. The molecule has 1 atom stereocenters. The van der Waals surface area contributed by atoms with E-state index in [4.69, 9.17) is 0 Å². The smallest absolute Gasteiger partial charge is 0.228 e. The van der Waals surface area contributed by atoms with Crippen LogP contribution in [0.5, 0.6) is 0 Å². The minimum atomic E-state index is -0.0500. The number of likely N-dealkylation sites (tertiary alicyclic amines) is 1. The highest BCUT2D eigenvalue weighted by Crippen LogP contribution is 2.28. The first kappa shape index (κ1) is 17.9. The van der Waals surface area contributed by atoms with Gasteiger partial charge in [-0.2, -0.15) is 0 Å². The lowest BCUT2D eigenvalue weighted by Gasteiger charge is -2.30. The third-order valence-electron chi connectivity index (χ3n) is 5.59. The van der Waals surface area contributed by atoms with Crippen LogP contribution in [-0.4, -0.2) is 42.9 Å². The van der Waals surface area contributed by atoms with Gasteiger partial charge in [0, 0.05) is 25.3 Å².